The predicted molar refractivity (Wildman–Crippen MR) is 121 cm³/mol. The van der Waals surface area contributed by atoms with Crippen molar-refractivity contribution in [3.8, 4) is 17.1 Å². The van der Waals surface area contributed by atoms with Crippen LogP contribution in [-0.2, 0) is 22.5 Å². The molecule has 0 bridgehead atoms. The standard InChI is InChI=1S/C24H27N3O3S/c28-21-14-8-7-13-20(21)23-25-26-24(27(23)16-15-18-9-3-1-4-10-18)31-17-22(29)30-19-11-5-2-6-12-19/h1,3-4,7-10,13-14,19,28H,2,5-6,11-12,15-17H2. The lowest BCUT2D eigenvalue weighted by molar-refractivity contribution is -0.147. The lowest BCUT2D eigenvalue weighted by atomic mass is 9.98. The number of carbonyl (C=O) groups excluding carboxylic acids is 1. The maximum absolute atomic E-state index is 12.4. The molecule has 0 radical (unpaired) electrons. The van der Waals surface area contributed by atoms with E-state index in [2.05, 4.69) is 22.3 Å². The molecule has 0 unspecified atom stereocenters. The minimum atomic E-state index is -0.210. The van der Waals surface area contributed by atoms with Crippen molar-refractivity contribution in [2.75, 3.05) is 5.75 Å². The number of phenolic OH excluding ortho intramolecular Hbond substituents is 1. The van der Waals surface area contributed by atoms with Crippen LogP contribution in [0.2, 0.25) is 0 Å². The number of para-hydroxylation sites is 1. The van der Waals surface area contributed by atoms with E-state index >= 15 is 0 Å². The molecule has 1 fully saturated rings. The Morgan fingerprint density at radius 1 is 1.03 bits per heavy atom. The third-order valence-electron chi connectivity index (χ3n) is 5.50. The van der Waals surface area contributed by atoms with E-state index in [9.17, 15) is 9.90 Å². The topological polar surface area (TPSA) is 77.2 Å². The van der Waals surface area contributed by atoms with Crippen LogP contribution in [0.4, 0.5) is 0 Å². The van der Waals surface area contributed by atoms with E-state index in [1.807, 2.05) is 34.9 Å². The summed E-state index contributed by atoms with van der Waals surface area (Å²) in [6, 6.07) is 17.3. The van der Waals surface area contributed by atoms with Crippen molar-refractivity contribution in [1.82, 2.24) is 14.8 Å². The molecule has 0 spiro atoms. The van der Waals surface area contributed by atoms with Crippen LogP contribution in [0, 0.1) is 0 Å². The van der Waals surface area contributed by atoms with Gasteiger partial charge in [0.15, 0.2) is 11.0 Å². The van der Waals surface area contributed by atoms with Gasteiger partial charge >= 0.3 is 5.97 Å². The highest BCUT2D eigenvalue weighted by Crippen LogP contribution is 2.30. The van der Waals surface area contributed by atoms with Gasteiger partial charge in [-0.2, -0.15) is 0 Å². The minimum absolute atomic E-state index is 0.0506. The number of ether oxygens (including phenoxy) is 1. The first-order valence-corrected chi connectivity index (χ1v) is 11.8. The molecule has 7 heteroatoms. The molecular formula is C24H27N3O3S. The number of aryl methyl sites for hydroxylation is 1. The Labute approximate surface area is 186 Å². The van der Waals surface area contributed by atoms with Crippen LogP contribution in [0.1, 0.15) is 37.7 Å². The zero-order valence-corrected chi connectivity index (χ0v) is 18.3. The Morgan fingerprint density at radius 2 is 1.77 bits per heavy atom. The number of rotatable bonds is 8. The monoisotopic (exact) mass is 437 g/mol. The van der Waals surface area contributed by atoms with E-state index in [1.165, 1.54) is 23.7 Å². The molecule has 0 atom stereocenters. The average molecular weight is 438 g/mol. The van der Waals surface area contributed by atoms with E-state index in [0.29, 0.717) is 23.1 Å². The molecule has 1 N–H and O–H groups in total. The lowest BCUT2D eigenvalue weighted by Gasteiger charge is -2.21. The summed E-state index contributed by atoms with van der Waals surface area (Å²) in [5.41, 5.74) is 1.83. The zero-order valence-electron chi connectivity index (χ0n) is 17.4. The maximum atomic E-state index is 12.4. The SMILES string of the molecule is O=C(CSc1nnc(-c2ccccc2O)n1CCc1ccccc1)OC1CCCCC1. The van der Waals surface area contributed by atoms with Crippen molar-refractivity contribution in [3.63, 3.8) is 0 Å². The highest BCUT2D eigenvalue weighted by Gasteiger charge is 2.21. The Morgan fingerprint density at radius 3 is 2.55 bits per heavy atom. The molecule has 1 heterocycles. The molecule has 1 aliphatic carbocycles. The fourth-order valence-electron chi connectivity index (χ4n) is 3.87. The molecule has 4 rings (SSSR count). The molecule has 162 valence electrons. The van der Waals surface area contributed by atoms with Crippen molar-refractivity contribution in [2.24, 2.45) is 0 Å². The summed E-state index contributed by atoms with van der Waals surface area (Å²) in [6.45, 7) is 0.640. The molecule has 6 nitrogen and oxygen atoms in total. The van der Waals surface area contributed by atoms with Gasteiger partial charge in [-0.25, -0.2) is 0 Å². The van der Waals surface area contributed by atoms with Gasteiger partial charge in [0.2, 0.25) is 0 Å². The molecular weight excluding hydrogens is 410 g/mol. The summed E-state index contributed by atoms with van der Waals surface area (Å²) in [4.78, 5) is 12.4. The summed E-state index contributed by atoms with van der Waals surface area (Å²) in [7, 11) is 0. The third kappa shape index (κ3) is 5.67. The quantitative estimate of drug-likeness (QED) is 0.401. The number of aromatic nitrogens is 3. The van der Waals surface area contributed by atoms with Crippen molar-refractivity contribution < 1.29 is 14.6 Å². The fraction of sp³-hybridized carbons (Fsp3) is 0.375. The van der Waals surface area contributed by atoms with Crippen molar-refractivity contribution in [1.29, 1.82) is 0 Å². The average Bonchev–Trinajstić information content (AvgIpc) is 3.20. The van der Waals surface area contributed by atoms with E-state index in [0.717, 1.165) is 32.1 Å². The first kappa shape index (κ1) is 21.4. The number of hydrogen-bond acceptors (Lipinski definition) is 6. The first-order valence-electron chi connectivity index (χ1n) is 10.8. The number of benzene rings is 2. The maximum Gasteiger partial charge on any atom is 0.316 e. The Hall–Kier alpha value is -2.80. The van der Waals surface area contributed by atoms with E-state index in [1.54, 1.807) is 12.1 Å². The minimum Gasteiger partial charge on any atom is -0.507 e. The smallest absolute Gasteiger partial charge is 0.316 e. The molecule has 1 saturated carbocycles. The van der Waals surface area contributed by atoms with Gasteiger partial charge in [0.1, 0.15) is 11.9 Å². The number of thioether (sulfide) groups is 1. The van der Waals surface area contributed by atoms with Gasteiger partial charge in [-0.15, -0.1) is 10.2 Å². The Kier molecular flexibility index (Phi) is 7.25. The van der Waals surface area contributed by atoms with E-state index in [-0.39, 0.29) is 23.6 Å². The van der Waals surface area contributed by atoms with Gasteiger partial charge in [0.25, 0.3) is 0 Å². The third-order valence-corrected chi connectivity index (χ3v) is 6.44. The number of phenols is 1. The van der Waals surface area contributed by atoms with Crippen LogP contribution in [0.3, 0.4) is 0 Å². The molecule has 0 saturated heterocycles. The van der Waals surface area contributed by atoms with Gasteiger partial charge in [-0.1, -0.05) is 60.6 Å². The summed E-state index contributed by atoms with van der Waals surface area (Å²) in [5.74, 6) is 0.737. The zero-order chi connectivity index (χ0) is 21.5. The summed E-state index contributed by atoms with van der Waals surface area (Å²) < 4.78 is 7.61. The molecule has 31 heavy (non-hydrogen) atoms. The van der Waals surface area contributed by atoms with Crippen LogP contribution in [-0.4, -0.2) is 37.7 Å². The number of nitrogens with zero attached hydrogens (tertiary/aromatic N) is 3. The van der Waals surface area contributed by atoms with Crippen LogP contribution >= 0.6 is 11.8 Å². The van der Waals surface area contributed by atoms with E-state index < -0.39 is 0 Å². The highest BCUT2D eigenvalue weighted by atomic mass is 32.2. The Balaban J connectivity index is 1.49. The fourth-order valence-corrected chi connectivity index (χ4v) is 4.62. The second-order valence-electron chi connectivity index (χ2n) is 7.75. The highest BCUT2D eigenvalue weighted by molar-refractivity contribution is 7.99. The second kappa shape index (κ2) is 10.5. The molecule has 3 aromatic rings. The van der Waals surface area contributed by atoms with Crippen LogP contribution in [0.5, 0.6) is 5.75 Å². The van der Waals surface area contributed by atoms with Crippen molar-refractivity contribution in [3.05, 3.63) is 60.2 Å². The van der Waals surface area contributed by atoms with Crippen LogP contribution in [0.25, 0.3) is 11.4 Å². The van der Waals surface area contributed by atoms with Gasteiger partial charge < -0.3 is 14.4 Å². The van der Waals surface area contributed by atoms with Gasteiger partial charge in [-0.3, -0.25) is 4.79 Å². The normalized spacial score (nSPS) is 14.5. The number of hydrogen-bond donors (Lipinski definition) is 1. The predicted octanol–water partition coefficient (Wildman–Crippen LogP) is 4.86. The Bertz CT molecular complexity index is 1000. The van der Waals surface area contributed by atoms with Crippen LogP contribution < -0.4 is 0 Å². The van der Waals surface area contributed by atoms with Crippen LogP contribution in [0.15, 0.2) is 59.8 Å². The molecule has 0 amide bonds. The summed E-state index contributed by atoms with van der Waals surface area (Å²) >= 11 is 1.33. The van der Waals surface area contributed by atoms with Gasteiger partial charge in [0.05, 0.1) is 11.3 Å². The van der Waals surface area contributed by atoms with Crippen molar-refractivity contribution >= 4 is 17.7 Å². The number of esters is 1. The first-order chi connectivity index (χ1) is 15.2. The molecule has 1 aromatic heterocycles. The second-order valence-corrected chi connectivity index (χ2v) is 8.69. The molecule has 1 aliphatic rings. The van der Waals surface area contributed by atoms with E-state index in [4.69, 9.17) is 4.74 Å². The molecule has 2 aromatic carbocycles. The number of aromatic hydroxyl groups is 1. The summed E-state index contributed by atoms with van der Waals surface area (Å²) in [6.07, 6.45) is 6.24. The van der Waals surface area contributed by atoms with Gasteiger partial charge in [-0.05, 0) is 49.8 Å². The largest absolute Gasteiger partial charge is 0.507 e. The lowest BCUT2D eigenvalue weighted by Crippen LogP contribution is -2.22. The van der Waals surface area contributed by atoms with Crippen molar-refractivity contribution in [2.45, 2.75) is 56.3 Å². The summed E-state index contributed by atoms with van der Waals surface area (Å²) in [5, 5.41) is 19.6. The van der Waals surface area contributed by atoms with Gasteiger partial charge in [0, 0.05) is 6.54 Å². The molecule has 0 aliphatic heterocycles. The number of carbonyl (C=O) groups is 1.